The Morgan fingerprint density at radius 2 is 2.11 bits per heavy atom. The molecule has 0 fully saturated rings. The molecule has 0 aromatic heterocycles. The van der Waals surface area contributed by atoms with Gasteiger partial charge in [-0.15, -0.1) is 6.58 Å². The van der Waals surface area contributed by atoms with Crippen LogP contribution in [0, 0.1) is 0 Å². The minimum atomic E-state index is -0.721. The summed E-state index contributed by atoms with van der Waals surface area (Å²) in [6, 6.07) is -0.440. The maximum atomic E-state index is 11.6. The first-order valence-electron chi connectivity index (χ1n) is 6.19. The zero-order chi connectivity index (χ0) is 14.2. The molecule has 0 aromatic carbocycles. The molecule has 0 aliphatic rings. The molecule has 0 aliphatic carbocycles. The molecule has 0 radical (unpaired) electrons. The number of hydrogen-bond acceptors (Lipinski definition) is 4. The molecule has 0 spiro atoms. The number of carbonyl (C=O) groups excluding carboxylic acids is 1. The summed E-state index contributed by atoms with van der Waals surface area (Å²) < 4.78 is 5.13. The van der Waals surface area contributed by atoms with E-state index in [0.717, 1.165) is 0 Å². The summed E-state index contributed by atoms with van der Waals surface area (Å²) in [6.07, 6.45) is 1.69. The molecule has 0 unspecified atom stereocenters. The number of amides is 1. The smallest absolute Gasteiger partial charge is 0.407 e. The Hall–Kier alpha value is -1.07. The van der Waals surface area contributed by atoms with E-state index in [0.29, 0.717) is 19.3 Å². The second-order valence-corrected chi connectivity index (χ2v) is 5.21. The second kappa shape index (κ2) is 8.11. The largest absolute Gasteiger partial charge is 0.444 e. The molecule has 0 saturated heterocycles. The van der Waals surface area contributed by atoms with Crippen molar-refractivity contribution in [3.05, 3.63) is 12.7 Å². The van der Waals surface area contributed by atoms with Crippen LogP contribution < -0.4 is 5.32 Å². The van der Waals surface area contributed by atoms with Gasteiger partial charge in [0.15, 0.2) is 0 Å². The van der Waals surface area contributed by atoms with Gasteiger partial charge in [0.2, 0.25) is 0 Å². The zero-order valence-electron chi connectivity index (χ0n) is 11.5. The highest BCUT2D eigenvalue weighted by molar-refractivity contribution is 5.68. The van der Waals surface area contributed by atoms with Crippen molar-refractivity contribution in [2.24, 2.45) is 0 Å². The van der Waals surface area contributed by atoms with E-state index in [2.05, 4.69) is 11.9 Å². The summed E-state index contributed by atoms with van der Waals surface area (Å²) in [5.74, 6) is 0. The normalized spacial score (nSPS) is 14.7. The first-order chi connectivity index (χ1) is 8.30. The van der Waals surface area contributed by atoms with Crippen LogP contribution in [0.1, 0.15) is 40.0 Å². The predicted molar refractivity (Wildman–Crippen MR) is 70.3 cm³/mol. The van der Waals surface area contributed by atoms with Gasteiger partial charge in [-0.25, -0.2) is 4.79 Å². The second-order valence-electron chi connectivity index (χ2n) is 5.21. The molecular weight excluding hydrogens is 234 g/mol. The van der Waals surface area contributed by atoms with E-state index in [1.54, 1.807) is 26.8 Å². The molecule has 18 heavy (non-hydrogen) atoms. The molecule has 0 saturated carbocycles. The number of rotatable bonds is 7. The highest BCUT2D eigenvalue weighted by atomic mass is 16.6. The van der Waals surface area contributed by atoms with Gasteiger partial charge in [0.05, 0.1) is 12.1 Å². The van der Waals surface area contributed by atoms with E-state index >= 15 is 0 Å². The van der Waals surface area contributed by atoms with Crippen LogP contribution in [0.2, 0.25) is 0 Å². The molecule has 0 heterocycles. The summed E-state index contributed by atoms with van der Waals surface area (Å²) in [4.78, 5) is 11.6. The molecule has 1 amide bonds. The van der Waals surface area contributed by atoms with E-state index in [-0.39, 0.29) is 6.61 Å². The molecule has 5 heteroatoms. The van der Waals surface area contributed by atoms with Gasteiger partial charge in [-0.05, 0) is 40.0 Å². The highest BCUT2D eigenvalue weighted by Crippen LogP contribution is 2.10. The van der Waals surface area contributed by atoms with Crippen LogP contribution in [0.4, 0.5) is 4.79 Å². The van der Waals surface area contributed by atoms with Crippen molar-refractivity contribution >= 4 is 6.09 Å². The van der Waals surface area contributed by atoms with Gasteiger partial charge in [0.1, 0.15) is 5.60 Å². The Morgan fingerprint density at radius 3 is 2.56 bits per heavy atom. The summed E-state index contributed by atoms with van der Waals surface area (Å²) in [5.41, 5.74) is -0.574. The van der Waals surface area contributed by atoms with E-state index in [1.807, 2.05) is 0 Å². The lowest BCUT2D eigenvalue weighted by Gasteiger charge is -2.26. The molecule has 0 bridgehead atoms. The van der Waals surface area contributed by atoms with Gasteiger partial charge in [0, 0.05) is 6.61 Å². The van der Waals surface area contributed by atoms with Crippen LogP contribution in [-0.2, 0) is 4.74 Å². The molecule has 0 aromatic rings. The molecule has 106 valence electrons. The van der Waals surface area contributed by atoms with Gasteiger partial charge >= 0.3 is 6.09 Å². The number of carbonyl (C=O) groups is 1. The summed E-state index contributed by atoms with van der Waals surface area (Å²) in [5, 5.41) is 21.3. The van der Waals surface area contributed by atoms with Crippen LogP contribution >= 0.6 is 0 Å². The van der Waals surface area contributed by atoms with Gasteiger partial charge in [-0.1, -0.05) is 6.08 Å². The Bertz CT molecular complexity index is 260. The quantitative estimate of drug-likeness (QED) is 0.607. The summed E-state index contributed by atoms with van der Waals surface area (Å²) in [6.45, 7) is 8.89. The van der Waals surface area contributed by atoms with Crippen molar-refractivity contribution in [2.45, 2.75) is 57.8 Å². The van der Waals surface area contributed by atoms with Gasteiger partial charge in [0.25, 0.3) is 0 Å². The summed E-state index contributed by atoms with van der Waals surface area (Å²) >= 11 is 0. The number of hydrogen-bond donors (Lipinski definition) is 3. The van der Waals surface area contributed by atoms with Gasteiger partial charge in [-0.2, -0.15) is 0 Å². The fourth-order valence-electron chi connectivity index (χ4n) is 1.47. The van der Waals surface area contributed by atoms with Crippen molar-refractivity contribution in [1.29, 1.82) is 0 Å². The lowest BCUT2D eigenvalue weighted by atomic mass is 10.0. The van der Waals surface area contributed by atoms with Crippen LogP contribution in [0.5, 0.6) is 0 Å². The Labute approximate surface area is 109 Å². The zero-order valence-corrected chi connectivity index (χ0v) is 11.5. The molecule has 0 aliphatic heterocycles. The first-order valence-corrected chi connectivity index (χ1v) is 6.19. The average molecular weight is 259 g/mol. The van der Waals surface area contributed by atoms with Crippen LogP contribution in [0.25, 0.3) is 0 Å². The van der Waals surface area contributed by atoms with E-state index in [9.17, 15) is 9.90 Å². The summed E-state index contributed by atoms with van der Waals surface area (Å²) in [7, 11) is 0. The Balaban J connectivity index is 4.38. The third kappa shape index (κ3) is 8.08. The first kappa shape index (κ1) is 16.9. The van der Waals surface area contributed by atoms with Crippen molar-refractivity contribution in [1.82, 2.24) is 5.32 Å². The predicted octanol–water partition coefficient (Wildman–Crippen LogP) is 1.59. The van der Waals surface area contributed by atoms with E-state index in [1.165, 1.54) is 0 Å². The monoisotopic (exact) mass is 259 g/mol. The fourth-order valence-corrected chi connectivity index (χ4v) is 1.47. The minimum Gasteiger partial charge on any atom is -0.444 e. The lowest BCUT2D eigenvalue weighted by Crippen LogP contribution is -2.45. The van der Waals surface area contributed by atoms with Gasteiger partial charge in [-0.3, -0.25) is 0 Å². The molecule has 5 nitrogen and oxygen atoms in total. The molecular formula is C13H25NO4. The van der Waals surface area contributed by atoms with Crippen LogP contribution in [0.3, 0.4) is 0 Å². The van der Waals surface area contributed by atoms with Gasteiger partial charge < -0.3 is 20.3 Å². The third-order valence-corrected chi connectivity index (χ3v) is 2.25. The average Bonchev–Trinajstić information content (AvgIpc) is 2.21. The number of aliphatic hydroxyl groups excluding tert-OH is 2. The van der Waals surface area contributed by atoms with Crippen molar-refractivity contribution in [3.63, 3.8) is 0 Å². The lowest BCUT2D eigenvalue weighted by molar-refractivity contribution is 0.0411. The maximum Gasteiger partial charge on any atom is 0.407 e. The third-order valence-electron chi connectivity index (χ3n) is 2.25. The minimum absolute atomic E-state index is 0.0211. The topological polar surface area (TPSA) is 78.8 Å². The van der Waals surface area contributed by atoms with Crippen LogP contribution in [-0.4, -0.2) is 40.7 Å². The standard InChI is InChI=1S/C13H25NO4/c1-5-7-11(16)10(8-6-9-15)14-12(17)18-13(2,3)4/h5,10-11,15-16H,1,6-9H2,2-4H3,(H,14,17)/t10-,11+/m0/s1. The number of ether oxygens (including phenoxy) is 1. The van der Waals surface area contributed by atoms with Crippen LogP contribution in [0.15, 0.2) is 12.7 Å². The number of aliphatic hydroxyl groups is 2. The van der Waals surface area contributed by atoms with Crippen molar-refractivity contribution in [3.8, 4) is 0 Å². The SMILES string of the molecule is C=CC[C@@H](O)[C@H](CCCO)NC(=O)OC(C)(C)C. The molecule has 3 N–H and O–H groups in total. The number of alkyl carbamates (subject to hydrolysis) is 1. The maximum absolute atomic E-state index is 11.6. The van der Waals surface area contributed by atoms with Crippen molar-refractivity contribution < 1.29 is 19.7 Å². The fraction of sp³-hybridized carbons (Fsp3) is 0.769. The molecule has 0 rings (SSSR count). The molecule has 2 atom stereocenters. The Morgan fingerprint density at radius 1 is 1.50 bits per heavy atom. The van der Waals surface area contributed by atoms with E-state index in [4.69, 9.17) is 9.84 Å². The number of nitrogens with one attached hydrogen (secondary N) is 1. The van der Waals surface area contributed by atoms with Crippen molar-refractivity contribution in [2.75, 3.05) is 6.61 Å². The van der Waals surface area contributed by atoms with E-state index < -0.39 is 23.8 Å². The Kier molecular flexibility index (Phi) is 7.62. The highest BCUT2D eigenvalue weighted by Gasteiger charge is 2.23.